The highest BCUT2D eigenvalue weighted by atomic mass is 16.5. The number of aryl methyl sites for hydroxylation is 1. The van der Waals surface area contributed by atoms with Crippen LogP contribution in [0.1, 0.15) is 17.5 Å². The summed E-state index contributed by atoms with van der Waals surface area (Å²) in [4.78, 5) is 18.4. The monoisotopic (exact) mass is 340 g/mol. The molecule has 5 nitrogen and oxygen atoms in total. The quantitative estimate of drug-likeness (QED) is 0.811. The Morgan fingerprint density at radius 1 is 1.20 bits per heavy atom. The smallest absolute Gasteiger partial charge is 0.227 e. The fourth-order valence-corrected chi connectivity index (χ4v) is 3.04. The highest BCUT2D eigenvalue weighted by molar-refractivity contribution is 5.79. The van der Waals surface area contributed by atoms with E-state index in [2.05, 4.69) is 4.98 Å². The van der Waals surface area contributed by atoms with Crippen LogP contribution in [0.3, 0.4) is 0 Å². The predicted molar refractivity (Wildman–Crippen MR) is 95.6 cm³/mol. The van der Waals surface area contributed by atoms with Gasteiger partial charge in [0.25, 0.3) is 0 Å². The van der Waals surface area contributed by atoms with E-state index in [-0.39, 0.29) is 5.91 Å². The van der Waals surface area contributed by atoms with Gasteiger partial charge in [-0.25, -0.2) is 0 Å². The van der Waals surface area contributed by atoms with Crippen molar-refractivity contribution in [2.45, 2.75) is 25.4 Å². The number of nitrogens with zero attached hydrogens (tertiary/aromatic N) is 2. The lowest BCUT2D eigenvalue weighted by molar-refractivity contribution is -0.131. The van der Waals surface area contributed by atoms with Gasteiger partial charge in [0, 0.05) is 26.0 Å². The summed E-state index contributed by atoms with van der Waals surface area (Å²) in [6.45, 7) is 3.73. The van der Waals surface area contributed by atoms with E-state index in [0.29, 0.717) is 26.1 Å². The van der Waals surface area contributed by atoms with E-state index in [1.165, 1.54) is 5.56 Å². The van der Waals surface area contributed by atoms with Gasteiger partial charge in [0.1, 0.15) is 18.0 Å². The Balaban J connectivity index is 1.58. The maximum Gasteiger partial charge on any atom is 0.227 e. The van der Waals surface area contributed by atoms with Crippen LogP contribution in [-0.2, 0) is 16.0 Å². The predicted octanol–water partition coefficient (Wildman–Crippen LogP) is 2.63. The van der Waals surface area contributed by atoms with Crippen LogP contribution in [0.2, 0.25) is 0 Å². The van der Waals surface area contributed by atoms with E-state index in [1.54, 1.807) is 19.5 Å². The maximum atomic E-state index is 12.5. The number of amides is 1. The van der Waals surface area contributed by atoms with Crippen molar-refractivity contribution in [2.24, 2.45) is 0 Å². The van der Waals surface area contributed by atoms with Gasteiger partial charge >= 0.3 is 0 Å². The number of rotatable bonds is 6. The van der Waals surface area contributed by atoms with Gasteiger partial charge < -0.3 is 14.4 Å². The Bertz CT molecular complexity index is 703. The first-order valence-electron chi connectivity index (χ1n) is 8.51. The highest BCUT2D eigenvalue weighted by Gasteiger charge is 2.41. The minimum atomic E-state index is -0.446. The molecule has 0 unspecified atom stereocenters. The van der Waals surface area contributed by atoms with Crippen LogP contribution in [0.25, 0.3) is 0 Å². The lowest BCUT2D eigenvalue weighted by Crippen LogP contribution is -2.42. The highest BCUT2D eigenvalue weighted by Crippen LogP contribution is 2.27. The number of benzene rings is 1. The second-order valence-electron chi connectivity index (χ2n) is 6.59. The number of pyridine rings is 1. The molecular formula is C20H24N2O3. The molecule has 1 aliphatic rings. The molecule has 2 heterocycles. The molecule has 0 bridgehead atoms. The van der Waals surface area contributed by atoms with Gasteiger partial charge in [0.2, 0.25) is 5.91 Å². The second-order valence-corrected chi connectivity index (χ2v) is 6.59. The summed E-state index contributed by atoms with van der Waals surface area (Å²) in [6, 6.07) is 11.7. The molecule has 1 aliphatic heterocycles. The summed E-state index contributed by atoms with van der Waals surface area (Å²) >= 11 is 0. The molecule has 1 atom stereocenters. The standard InChI is InChI=1S/C20H24N2O3/c1-16-3-5-18(6-4-16)25-15-20(24-2)9-12-22(14-20)19(23)13-17-7-10-21-11-8-17/h3-8,10-11H,9,12-15H2,1-2H3/t20-/m1/s1. The number of aromatic nitrogens is 1. The van der Waals surface area contributed by atoms with Crippen molar-refractivity contribution in [3.63, 3.8) is 0 Å². The summed E-state index contributed by atoms with van der Waals surface area (Å²) < 4.78 is 11.7. The molecule has 1 saturated heterocycles. The number of methoxy groups -OCH3 is 1. The topological polar surface area (TPSA) is 51.7 Å². The number of hydrogen-bond acceptors (Lipinski definition) is 4. The summed E-state index contributed by atoms with van der Waals surface area (Å²) in [5, 5.41) is 0. The van der Waals surface area contributed by atoms with E-state index in [9.17, 15) is 4.79 Å². The van der Waals surface area contributed by atoms with Crippen molar-refractivity contribution < 1.29 is 14.3 Å². The van der Waals surface area contributed by atoms with E-state index in [1.807, 2.05) is 48.2 Å². The lowest BCUT2D eigenvalue weighted by atomic mass is 10.0. The summed E-state index contributed by atoms with van der Waals surface area (Å²) in [5.74, 6) is 0.934. The van der Waals surface area contributed by atoms with Crippen molar-refractivity contribution >= 4 is 5.91 Å². The van der Waals surface area contributed by atoms with Crippen molar-refractivity contribution in [1.29, 1.82) is 0 Å². The minimum Gasteiger partial charge on any atom is -0.491 e. The van der Waals surface area contributed by atoms with Crippen LogP contribution < -0.4 is 4.74 Å². The SMILES string of the molecule is CO[C@]1(COc2ccc(C)cc2)CCN(C(=O)Cc2ccncc2)C1. The van der Waals surface area contributed by atoms with Gasteiger partial charge in [-0.05, 0) is 43.2 Å². The average molecular weight is 340 g/mol. The minimum absolute atomic E-state index is 0.112. The molecule has 1 aromatic carbocycles. The number of likely N-dealkylation sites (tertiary alicyclic amines) is 1. The number of ether oxygens (including phenoxy) is 2. The molecule has 1 fully saturated rings. The lowest BCUT2D eigenvalue weighted by Gasteiger charge is -2.28. The van der Waals surface area contributed by atoms with Crippen molar-refractivity contribution in [3.05, 3.63) is 59.9 Å². The van der Waals surface area contributed by atoms with Gasteiger partial charge in [-0.1, -0.05) is 17.7 Å². The Hall–Kier alpha value is -2.40. The Morgan fingerprint density at radius 2 is 1.92 bits per heavy atom. The molecule has 5 heteroatoms. The largest absolute Gasteiger partial charge is 0.491 e. The first-order valence-corrected chi connectivity index (χ1v) is 8.51. The third-order valence-electron chi connectivity index (χ3n) is 4.73. The van der Waals surface area contributed by atoms with Crippen LogP contribution in [0.4, 0.5) is 0 Å². The molecule has 3 rings (SSSR count). The van der Waals surface area contributed by atoms with Crippen LogP contribution in [0, 0.1) is 6.92 Å². The average Bonchev–Trinajstić information content (AvgIpc) is 3.07. The zero-order valence-electron chi connectivity index (χ0n) is 14.8. The zero-order chi connectivity index (χ0) is 17.7. The van der Waals surface area contributed by atoms with Gasteiger partial charge in [-0.2, -0.15) is 0 Å². The Labute approximate surface area is 148 Å². The number of carbonyl (C=O) groups excluding carboxylic acids is 1. The van der Waals surface area contributed by atoms with Gasteiger partial charge in [0.15, 0.2) is 0 Å². The molecule has 0 N–H and O–H groups in total. The van der Waals surface area contributed by atoms with E-state index in [4.69, 9.17) is 9.47 Å². The Morgan fingerprint density at radius 3 is 2.60 bits per heavy atom. The number of hydrogen-bond donors (Lipinski definition) is 0. The molecular weight excluding hydrogens is 316 g/mol. The van der Waals surface area contributed by atoms with E-state index in [0.717, 1.165) is 17.7 Å². The molecule has 2 aromatic rings. The van der Waals surface area contributed by atoms with Gasteiger partial charge in [0.05, 0.1) is 13.0 Å². The first-order chi connectivity index (χ1) is 12.1. The molecule has 25 heavy (non-hydrogen) atoms. The van der Waals surface area contributed by atoms with Crippen LogP contribution in [0.15, 0.2) is 48.8 Å². The van der Waals surface area contributed by atoms with Crippen LogP contribution >= 0.6 is 0 Å². The third kappa shape index (κ3) is 4.37. The zero-order valence-corrected chi connectivity index (χ0v) is 14.8. The Kier molecular flexibility index (Phi) is 5.34. The first kappa shape index (κ1) is 17.4. The van der Waals surface area contributed by atoms with Gasteiger partial charge in [-0.15, -0.1) is 0 Å². The second kappa shape index (κ2) is 7.66. The molecule has 0 spiro atoms. The van der Waals surface area contributed by atoms with Crippen LogP contribution in [-0.4, -0.2) is 48.2 Å². The molecule has 0 saturated carbocycles. The summed E-state index contributed by atoms with van der Waals surface area (Å²) in [7, 11) is 1.69. The van der Waals surface area contributed by atoms with Crippen molar-refractivity contribution in [3.8, 4) is 5.75 Å². The van der Waals surface area contributed by atoms with Crippen molar-refractivity contribution in [2.75, 3.05) is 26.8 Å². The fraction of sp³-hybridized carbons (Fsp3) is 0.400. The molecule has 0 radical (unpaired) electrons. The van der Waals surface area contributed by atoms with Gasteiger partial charge in [-0.3, -0.25) is 9.78 Å². The third-order valence-corrected chi connectivity index (χ3v) is 4.73. The molecule has 0 aliphatic carbocycles. The fourth-order valence-electron chi connectivity index (χ4n) is 3.04. The van der Waals surface area contributed by atoms with Crippen molar-refractivity contribution in [1.82, 2.24) is 9.88 Å². The molecule has 132 valence electrons. The van der Waals surface area contributed by atoms with E-state index >= 15 is 0 Å². The number of carbonyl (C=O) groups is 1. The molecule has 1 aromatic heterocycles. The molecule has 1 amide bonds. The normalized spacial score (nSPS) is 19.8. The summed E-state index contributed by atoms with van der Waals surface area (Å²) in [5.41, 5.74) is 1.73. The maximum absolute atomic E-state index is 12.5. The van der Waals surface area contributed by atoms with E-state index < -0.39 is 5.60 Å². The van der Waals surface area contributed by atoms with Crippen LogP contribution in [0.5, 0.6) is 5.75 Å². The summed E-state index contributed by atoms with van der Waals surface area (Å²) in [6.07, 6.45) is 4.58.